The number of aliphatic hydroxyl groups excluding tert-OH is 3. The van der Waals surface area contributed by atoms with E-state index in [-0.39, 0.29) is 6.29 Å². The molecule has 0 aliphatic rings. The van der Waals surface area contributed by atoms with Gasteiger partial charge in [-0.1, -0.05) is 0 Å². The predicted molar refractivity (Wildman–Crippen MR) is 47.3 cm³/mol. The fourth-order valence-corrected chi connectivity index (χ4v) is 0.928. The third-order valence-corrected chi connectivity index (χ3v) is 1.69. The lowest BCUT2D eigenvalue weighted by atomic mass is 10.0. The lowest BCUT2D eigenvalue weighted by Gasteiger charge is -2.25. The molecule has 0 heterocycles. The van der Waals surface area contributed by atoms with Gasteiger partial charge in [0.05, 0.1) is 0 Å². The fraction of sp³-hybridized carbons (Fsp3) is 0.625. The number of hydrogen-bond acceptors (Lipinski definition) is 7. The first-order valence-corrected chi connectivity index (χ1v) is 4.20. The standard InChI is InChI=1S/C8H12O8/c1-3(10)16-7(6(13)8(14)15)5(12)4(11)2-9/h2,4-7,11-13H,1H3,(H,14,15)/t4-,5+,6-,7+/m0/s1. The number of aliphatic hydroxyl groups is 3. The highest BCUT2D eigenvalue weighted by Crippen LogP contribution is 2.09. The summed E-state index contributed by atoms with van der Waals surface area (Å²) in [6.45, 7) is 0.918. The van der Waals surface area contributed by atoms with Crippen molar-refractivity contribution in [2.45, 2.75) is 31.3 Å². The van der Waals surface area contributed by atoms with Gasteiger partial charge in [-0.15, -0.1) is 0 Å². The Kier molecular flexibility index (Phi) is 5.57. The number of hydrogen-bond donors (Lipinski definition) is 4. The first-order valence-electron chi connectivity index (χ1n) is 4.20. The molecule has 0 aliphatic heterocycles. The second-order valence-corrected chi connectivity index (χ2v) is 2.97. The topological polar surface area (TPSA) is 141 Å². The largest absolute Gasteiger partial charge is 0.479 e. The van der Waals surface area contributed by atoms with Crippen LogP contribution < -0.4 is 0 Å². The normalized spacial score (nSPS) is 18.0. The van der Waals surface area contributed by atoms with Crippen LogP contribution in [-0.4, -0.2) is 63.1 Å². The van der Waals surface area contributed by atoms with Gasteiger partial charge in [0.1, 0.15) is 12.2 Å². The van der Waals surface area contributed by atoms with Crippen molar-refractivity contribution in [3.05, 3.63) is 0 Å². The van der Waals surface area contributed by atoms with Gasteiger partial charge in [-0.3, -0.25) is 4.79 Å². The smallest absolute Gasteiger partial charge is 0.336 e. The van der Waals surface area contributed by atoms with E-state index in [2.05, 4.69) is 4.74 Å². The van der Waals surface area contributed by atoms with E-state index >= 15 is 0 Å². The number of aliphatic carboxylic acids is 1. The van der Waals surface area contributed by atoms with E-state index in [9.17, 15) is 19.5 Å². The molecule has 0 fully saturated rings. The number of esters is 1. The second kappa shape index (κ2) is 6.16. The van der Waals surface area contributed by atoms with Gasteiger partial charge in [0.2, 0.25) is 0 Å². The van der Waals surface area contributed by atoms with Crippen LogP contribution in [0.1, 0.15) is 6.92 Å². The van der Waals surface area contributed by atoms with Crippen LogP contribution >= 0.6 is 0 Å². The minimum absolute atomic E-state index is 0.0737. The van der Waals surface area contributed by atoms with Crippen molar-refractivity contribution >= 4 is 18.2 Å². The molecule has 8 nitrogen and oxygen atoms in total. The maximum Gasteiger partial charge on any atom is 0.336 e. The monoisotopic (exact) mass is 236 g/mol. The SMILES string of the molecule is CC(=O)O[C@H]([C@H](O)[C@@H](O)C=O)[C@H](O)C(=O)O. The fourth-order valence-electron chi connectivity index (χ4n) is 0.928. The average molecular weight is 236 g/mol. The van der Waals surface area contributed by atoms with Crippen LogP contribution in [0.2, 0.25) is 0 Å². The molecule has 0 aliphatic carbocycles. The van der Waals surface area contributed by atoms with Crippen LogP contribution in [0.3, 0.4) is 0 Å². The maximum atomic E-state index is 10.6. The first kappa shape index (κ1) is 14.5. The molecule has 0 saturated heterocycles. The Morgan fingerprint density at radius 1 is 1.25 bits per heavy atom. The molecule has 92 valence electrons. The molecule has 0 amide bonds. The van der Waals surface area contributed by atoms with Gasteiger partial charge in [-0.05, 0) is 0 Å². The highest BCUT2D eigenvalue weighted by Gasteiger charge is 2.38. The summed E-state index contributed by atoms with van der Waals surface area (Å²) in [6.07, 6.45) is -8.22. The van der Waals surface area contributed by atoms with Crippen LogP contribution in [0.15, 0.2) is 0 Å². The predicted octanol–water partition coefficient (Wildman–Crippen LogP) is -2.72. The number of rotatable bonds is 6. The summed E-state index contributed by atoms with van der Waals surface area (Å²) >= 11 is 0. The Bertz CT molecular complexity index is 275. The zero-order valence-corrected chi connectivity index (χ0v) is 8.31. The molecular formula is C8H12O8. The number of carboxylic acids is 1. The zero-order valence-electron chi connectivity index (χ0n) is 8.31. The van der Waals surface area contributed by atoms with Gasteiger partial charge in [0.15, 0.2) is 18.5 Å². The van der Waals surface area contributed by atoms with E-state index in [1.54, 1.807) is 0 Å². The molecule has 0 rings (SSSR count). The van der Waals surface area contributed by atoms with E-state index in [1.807, 2.05) is 0 Å². The highest BCUT2D eigenvalue weighted by atomic mass is 16.6. The summed E-state index contributed by atoms with van der Waals surface area (Å²) in [5.74, 6) is -2.73. The molecule has 0 radical (unpaired) electrons. The Balaban J connectivity index is 4.84. The number of carbonyl (C=O) groups excluding carboxylic acids is 2. The number of ether oxygens (including phenoxy) is 1. The Morgan fingerprint density at radius 3 is 2.06 bits per heavy atom. The molecule has 16 heavy (non-hydrogen) atoms. The van der Waals surface area contributed by atoms with E-state index in [0.29, 0.717) is 0 Å². The molecule has 4 atom stereocenters. The van der Waals surface area contributed by atoms with Crippen molar-refractivity contribution in [2.75, 3.05) is 0 Å². The van der Waals surface area contributed by atoms with Gasteiger partial charge in [0, 0.05) is 6.92 Å². The van der Waals surface area contributed by atoms with Crippen molar-refractivity contribution in [1.29, 1.82) is 0 Å². The summed E-state index contributed by atoms with van der Waals surface area (Å²) < 4.78 is 4.32. The van der Waals surface area contributed by atoms with Gasteiger partial charge in [-0.25, -0.2) is 4.79 Å². The Labute approximate surface area is 90.1 Å². The Hall–Kier alpha value is -1.51. The van der Waals surface area contributed by atoms with Crippen LogP contribution in [0, 0.1) is 0 Å². The average Bonchev–Trinajstić information content (AvgIpc) is 2.22. The summed E-state index contributed by atoms with van der Waals surface area (Å²) in [5.41, 5.74) is 0. The molecule has 0 aromatic carbocycles. The summed E-state index contributed by atoms with van der Waals surface area (Å²) in [4.78, 5) is 31.2. The minimum Gasteiger partial charge on any atom is -0.479 e. The van der Waals surface area contributed by atoms with Gasteiger partial charge >= 0.3 is 11.9 Å². The molecular weight excluding hydrogens is 224 g/mol. The zero-order chi connectivity index (χ0) is 12.9. The molecule has 0 saturated carbocycles. The van der Waals surface area contributed by atoms with Crippen molar-refractivity contribution < 1.29 is 39.5 Å². The minimum atomic E-state index is -2.24. The van der Waals surface area contributed by atoms with Crippen LogP contribution in [0.5, 0.6) is 0 Å². The molecule has 0 aromatic heterocycles. The number of carboxylic acid groups (broad SMARTS) is 1. The molecule has 0 aromatic rings. The van der Waals surface area contributed by atoms with E-state index < -0.39 is 36.4 Å². The molecule has 0 bridgehead atoms. The third-order valence-electron chi connectivity index (χ3n) is 1.69. The first-order chi connectivity index (χ1) is 7.31. The number of aldehydes is 1. The van der Waals surface area contributed by atoms with E-state index in [4.69, 9.17) is 15.3 Å². The van der Waals surface area contributed by atoms with Crippen molar-refractivity contribution in [2.24, 2.45) is 0 Å². The van der Waals surface area contributed by atoms with Crippen LogP contribution in [-0.2, 0) is 19.1 Å². The highest BCUT2D eigenvalue weighted by molar-refractivity contribution is 5.74. The lowest BCUT2D eigenvalue weighted by molar-refractivity contribution is -0.180. The van der Waals surface area contributed by atoms with Gasteiger partial charge in [0.25, 0.3) is 0 Å². The van der Waals surface area contributed by atoms with Crippen molar-refractivity contribution in [3.8, 4) is 0 Å². The molecule has 0 spiro atoms. The maximum absolute atomic E-state index is 10.6. The molecule has 0 unspecified atom stereocenters. The van der Waals surface area contributed by atoms with E-state index in [1.165, 1.54) is 0 Å². The lowest BCUT2D eigenvalue weighted by Crippen LogP contribution is -2.50. The number of carbonyl (C=O) groups is 3. The van der Waals surface area contributed by atoms with Crippen molar-refractivity contribution in [3.63, 3.8) is 0 Å². The molecule has 8 heteroatoms. The van der Waals surface area contributed by atoms with E-state index in [0.717, 1.165) is 6.92 Å². The van der Waals surface area contributed by atoms with Gasteiger partial charge < -0.3 is 30.0 Å². The summed E-state index contributed by atoms with van der Waals surface area (Å²) in [5, 5.41) is 35.7. The Morgan fingerprint density at radius 2 is 1.75 bits per heavy atom. The van der Waals surface area contributed by atoms with Crippen LogP contribution in [0.25, 0.3) is 0 Å². The van der Waals surface area contributed by atoms with Crippen LogP contribution in [0.4, 0.5) is 0 Å². The second-order valence-electron chi connectivity index (χ2n) is 2.97. The summed E-state index contributed by atoms with van der Waals surface area (Å²) in [6, 6.07) is 0. The van der Waals surface area contributed by atoms with Gasteiger partial charge in [-0.2, -0.15) is 0 Å². The summed E-state index contributed by atoms with van der Waals surface area (Å²) in [7, 11) is 0. The third kappa shape index (κ3) is 3.93. The molecule has 4 N–H and O–H groups in total. The van der Waals surface area contributed by atoms with Crippen molar-refractivity contribution in [1.82, 2.24) is 0 Å². The quantitative estimate of drug-likeness (QED) is 0.288.